The van der Waals surface area contributed by atoms with Crippen molar-refractivity contribution in [3.63, 3.8) is 0 Å². The molecule has 41 heavy (non-hydrogen) atoms. The SMILES string of the molecule is O=C(Cn1cc(C(F)(F)F)cc(Br)c1=O)N1CCC(c2nc(C3=NOC(c4ccccc4C(F)(F)F)C3)cs2)CC1. The number of rotatable bonds is 5. The second-order valence-electron chi connectivity index (χ2n) is 9.65. The molecule has 2 aliphatic rings. The van der Waals surface area contributed by atoms with Gasteiger partial charge in [-0.15, -0.1) is 11.3 Å². The first-order valence-electron chi connectivity index (χ1n) is 12.4. The number of alkyl halides is 6. The number of hydrogen-bond acceptors (Lipinski definition) is 6. The fourth-order valence-corrected chi connectivity index (χ4v) is 6.31. The van der Waals surface area contributed by atoms with Gasteiger partial charge in [0, 0.05) is 42.6 Å². The number of halogens is 7. The van der Waals surface area contributed by atoms with E-state index in [0.29, 0.717) is 49.6 Å². The topological polar surface area (TPSA) is 76.8 Å². The van der Waals surface area contributed by atoms with Gasteiger partial charge in [0.15, 0.2) is 6.10 Å². The highest BCUT2D eigenvalue weighted by atomic mass is 79.9. The molecule has 4 heterocycles. The number of pyridine rings is 1. The highest BCUT2D eigenvalue weighted by molar-refractivity contribution is 9.10. The summed E-state index contributed by atoms with van der Waals surface area (Å²) >= 11 is 4.21. The van der Waals surface area contributed by atoms with E-state index < -0.39 is 47.6 Å². The molecule has 3 aromatic rings. The van der Waals surface area contributed by atoms with Gasteiger partial charge in [-0.25, -0.2) is 4.98 Å². The second-order valence-corrected chi connectivity index (χ2v) is 11.4. The van der Waals surface area contributed by atoms with Crippen LogP contribution in [0.4, 0.5) is 26.3 Å². The molecule has 0 aliphatic carbocycles. The maximum absolute atomic E-state index is 13.4. The van der Waals surface area contributed by atoms with Crippen molar-refractivity contribution in [2.75, 3.05) is 13.1 Å². The van der Waals surface area contributed by atoms with E-state index in [1.165, 1.54) is 34.4 Å². The van der Waals surface area contributed by atoms with E-state index >= 15 is 0 Å². The number of aromatic nitrogens is 2. The van der Waals surface area contributed by atoms with Crippen LogP contribution in [-0.4, -0.2) is 39.2 Å². The van der Waals surface area contributed by atoms with Crippen LogP contribution in [0.5, 0.6) is 0 Å². The van der Waals surface area contributed by atoms with E-state index in [-0.39, 0.29) is 22.4 Å². The van der Waals surface area contributed by atoms with Crippen LogP contribution in [0, 0.1) is 0 Å². The number of benzene rings is 1. The number of hydrogen-bond donors (Lipinski definition) is 0. The number of thiazole rings is 1. The third kappa shape index (κ3) is 6.35. The van der Waals surface area contributed by atoms with Crippen molar-refractivity contribution in [3.05, 3.63) is 84.1 Å². The van der Waals surface area contributed by atoms with Crippen LogP contribution < -0.4 is 5.56 Å². The minimum absolute atomic E-state index is 0.00555. The van der Waals surface area contributed by atoms with Gasteiger partial charge in [-0.2, -0.15) is 26.3 Å². The van der Waals surface area contributed by atoms with Crippen molar-refractivity contribution >= 4 is 38.9 Å². The molecule has 1 unspecified atom stereocenters. The highest BCUT2D eigenvalue weighted by Crippen LogP contribution is 2.39. The van der Waals surface area contributed by atoms with Gasteiger partial charge in [-0.1, -0.05) is 23.4 Å². The first-order valence-corrected chi connectivity index (χ1v) is 14.1. The summed E-state index contributed by atoms with van der Waals surface area (Å²) in [5.74, 6) is -0.466. The Labute approximate surface area is 241 Å². The van der Waals surface area contributed by atoms with Gasteiger partial charge in [0.25, 0.3) is 5.56 Å². The van der Waals surface area contributed by atoms with E-state index in [2.05, 4.69) is 26.1 Å². The van der Waals surface area contributed by atoms with Gasteiger partial charge in [0.2, 0.25) is 5.91 Å². The molecule has 1 aromatic carbocycles. The van der Waals surface area contributed by atoms with E-state index in [1.54, 1.807) is 5.38 Å². The zero-order valence-corrected chi connectivity index (χ0v) is 23.4. The average molecular weight is 663 g/mol. The van der Waals surface area contributed by atoms with E-state index in [9.17, 15) is 35.9 Å². The molecule has 0 bridgehead atoms. The van der Waals surface area contributed by atoms with Crippen LogP contribution in [0.2, 0.25) is 0 Å². The molecular formula is C26H21BrF6N4O3S. The Balaban J connectivity index is 1.19. The fourth-order valence-electron chi connectivity index (χ4n) is 4.83. The number of amides is 1. The monoisotopic (exact) mass is 662 g/mol. The fraction of sp³-hybridized carbons (Fsp3) is 0.385. The maximum Gasteiger partial charge on any atom is 0.417 e. The van der Waals surface area contributed by atoms with Crippen LogP contribution in [-0.2, 0) is 28.5 Å². The molecule has 2 aliphatic heterocycles. The normalized spacial score (nSPS) is 18.4. The lowest BCUT2D eigenvalue weighted by molar-refractivity contribution is -0.139. The van der Waals surface area contributed by atoms with Gasteiger partial charge in [0.05, 0.1) is 26.3 Å². The molecule has 7 nitrogen and oxygen atoms in total. The van der Waals surface area contributed by atoms with Crippen molar-refractivity contribution in [3.8, 4) is 0 Å². The number of piperidine rings is 1. The van der Waals surface area contributed by atoms with Crippen molar-refractivity contribution in [1.82, 2.24) is 14.5 Å². The Kier molecular flexibility index (Phi) is 8.03. The molecule has 1 amide bonds. The maximum atomic E-state index is 13.4. The van der Waals surface area contributed by atoms with E-state index in [1.807, 2.05) is 0 Å². The second kappa shape index (κ2) is 11.2. The summed E-state index contributed by atoms with van der Waals surface area (Å²) in [7, 11) is 0. The molecule has 1 saturated heterocycles. The summed E-state index contributed by atoms with van der Waals surface area (Å²) in [6.45, 7) is 0.132. The summed E-state index contributed by atoms with van der Waals surface area (Å²) in [6.07, 6.45) is -8.21. The predicted octanol–water partition coefficient (Wildman–Crippen LogP) is 6.38. The molecule has 0 radical (unpaired) electrons. The number of oxime groups is 1. The molecule has 0 saturated carbocycles. The molecule has 15 heteroatoms. The Morgan fingerprint density at radius 1 is 1.10 bits per heavy atom. The summed E-state index contributed by atoms with van der Waals surface area (Å²) in [4.78, 5) is 36.6. The van der Waals surface area contributed by atoms with Crippen LogP contribution in [0.1, 0.15) is 58.7 Å². The number of likely N-dealkylation sites (tertiary alicyclic amines) is 1. The predicted molar refractivity (Wildman–Crippen MR) is 140 cm³/mol. The van der Waals surface area contributed by atoms with Crippen molar-refractivity contribution in [2.45, 2.75) is 50.2 Å². The third-order valence-corrected chi connectivity index (χ3v) is 8.55. The van der Waals surface area contributed by atoms with Gasteiger partial charge < -0.3 is 14.3 Å². The third-order valence-electron chi connectivity index (χ3n) is 6.97. The standard InChI is InChI=1S/C26H21BrF6N4O3S/c27-18-9-15(25(28,29)30)11-37(24(18)39)12-22(38)36-7-5-14(6-8-36)23-34-20(13-41-23)19-10-21(40-35-19)16-3-1-2-4-17(16)26(31,32)33/h1-4,9,11,13-14,21H,5-8,10,12H2. The molecular weight excluding hydrogens is 642 g/mol. The first kappa shape index (κ1) is 29.3. The summed E-state index contributed by atoms with van der Waals surface area (Å²) in [5.41, 5.74) is -1.58. The Bertz CT molecular complexity index is 1540. The van der Waals surface area contributed by atoms with Gasteiger partial charge in [-0.05, 0) is 40.9 Å². The lowest BCUT2D eigenvalue weighted by Crippen LogP contribution is -2.41. The zero-order chi connectivity index (χ0) is 29.5. The lowest BCUT2D eigenvalue weighted by atomic mass is 9.97. The number of carbonyl (C=O) groups excluding carboxylic acids is 1. The molecule has 0 spiro atoms. The highest BCUT2D eigenvalue weighted by Gasteiger charge is 2.38. The summed E-state index contributed by atoms with van der Waals surface area (Å²) in [6, 6.07) is 5.89. The number of nitrogens with zero attached hydrogens (tertiary/aromatic N) is 4. The van der Waals surface area contributed by atoms with Crippen LogP contribution in [0.25, 0.3) is 0 Å². The molecule has 1 fully saturated rings. The largest absolute Gasteiger partial charge is 0.417 e. The van der Waals surface area contributed by atoms with Crippen molar-refractivity contribution in [2.24, 2.45) is 5.16 Å². The lowest BCUT2D eigenvalue weighted by Gasteiger charge is -2.31. The van der Waals surface area contributed by atoms with E-state index in [4.69, 9.17) is 4.84 Å². The zero-order valence-electron chi connectivity index (χ0n) is 21.0. The van der Waals surface area contributed by atoms with Gasteiger partial charge in [-0.3, -0.25) is 9.59 Å². The smallest absolute Gasteiger partial charge is 0.387 e. The van der Waals surface area contributed by atoms with Crippen LogP contribution >= 0.6 is 27.3 Å². The minimum Gasteiger partial charge on any atom is -0.387 e. The summed E-state index contributed by atoms with van der Waals surface area (Å²) < 4.78 is 80.2. The molecule has 5 rings (SSSR count). The molecule has 0 N–H and O–H groups in total. The Morgan fingerprint density at radius 3 is 2.49 bits per heavy atom. The van der Waals surface area contributed by atoms with Crippen LogP contribution in [0.3, 0.4) is 0 Å². The van der Waals surface area contributed by atoms with Crippen LogP contribution in [0.15, 0.2) is 56.3 Å². The Hall–Kier alpha value is -3.20. The van der Waals surface area contributed by atoms with Crippen molar-refractivity contribution in [1.29, 1.82) is 0 Å². The number of carbonyl (C=O) groups is 1. The average Bonchev–Trinajstić information content (AvgIpc) is 3.60. The van der Waals surface area contributed by atoms with E-state index in [0.717, 1.165) is 15.6 Å². The minimum atomic E-state index is -4.67. The first-order chi connectivity index (χ1) is 19.3. The quantitative estimate of drug-likeness (QED) is 0.297. The van der Waals surface area contributed by atoms with Gasteiger partial charge in [0.1, 0.15) is 12.3 Å². The van der Waals surface area contributed by atoms with Crippen molar-refractivity contribution < 1.29 is 36.0 Å². The molecule has 218 valence electrons. The molecule has 1 atom stereocenters. The molecule has 2 aromatic heterocycles. The Morgan fingerprint density at radius 2 is 1.80 bits per heavy atom. The summed E-state index contributed by atoms with van der Waals surface area (Å²) in [5, 5.41) is 6.55. The van der Waals surface area contributed by atoms with Gasteiger partial charge >= 0.3 is 12.4 Å².